The molecular formula is C22H28ClN3O3. The van der Waals surface area contributed by atoms with E-state index in [0.717, 1.165) is 5.56 Å². The standard InChI is InChI=1S/C22H28ClN3O3/c1-14-6-7-17(10-15(14)2)16(3)24-21(27)12-26(4)13-22(28)25-19-11-18(23)8-9-20(19)29-5/h6-11,16H,12-13H2,1-5H3,(H,24,27)(H,25,28)/t16-/m0/s1. The van der Waals surface area contributed by atoms with Gasteiger partial charge in [-0.3, -0.25) is 14.5 Å². The third kappa shape index (κ3) is 6.76. The molecule has 29 heavy (non-hydrogen) atoms. The largest absolute Gasteiger partial charge is 0.495 e. The van der Waals surface area contributed by atoms with Gasteiger partial charge in [0.1, 0.15) is 5.75 Å². The molecule has 1 atom stereocenters. The minimum atomic E-state index is -0.261. The minimum absolute atomic E-state index is 0.0567. The van der Waals surface area contributed by atoms with Crippen molar-refractivity contribution in [1.29, 1.82) is 0 Å². The van der Waals surface area contributed by atoms with Gasteiger partial charge in [-0.1, -0.05) is 29.8 Å². The van der Waals surface area contributed by atoms with Gasteiger partial charge >= 0.3 is 0 Å². The summed E-state index contributed by atoms with van der Waals surface area (Å²) in [7, 11) is 3.24. The maximum atomic E-state index is 12.4. The highest BCUT2D eigenvalue weighted by Crippen LogP contribution is 2.27. The first-order valence-corrected chi connectivity index (χ1v) is 9.76. The van der Waals surface area contributed by atoms with Gasteiger partial charge in [-0.25, -0.2) is 0 Å². The molecule has 0 radical (unpaired) electrons. The lowest BCUT2D eigenvalue weighted by atomic mass is 10.0. The van der Waals surface area contributed by atoms with Gasteiger partial charge in [0.15, 0.2) is 0 Å². The fourth-order valence-corrected chi connectivity index (χ4v) is 3.09. The first kappa shape index (κ1) is 22.7. The minimum Gasteiger partial charge on any atom is -0.495 e. The van der Waals surface area contributed by atoms with Crippen molar-refractivity contribution in [1.82, 2.24) is 10.2 Å². The molecule has 0 aliphatic heterocycles. The smallest absolute Gasteiger partial charge is 0.238 e. The van der Waals surface area contributed by atoms with E-state index in [4.69, 9.17) is 16.3 Å². The summed E-state index contributed by atoms with van der Waals surface area (Å²) >= 11 is 5.98. The second-order valence-corrected chi connectivity index (χ2v) is 7.63. The zero-order chi connectivity index (χ0) is 21.6. The maximum absolute atomic E-state index is 12.4. The van der Waals surface area contributed by atoms with Gasteiger partial charge in [-0.05, 0) is 62.7 Å². The quantitative estimate of drug-likeness (QED) is 0.686. The van der Waals surface area contributed by atoms with E-state index in [9.17, 15) is 9.59 Å². The Labute approximate surface area is 177 Å². The van der Waals surface area contributed by atoms with Gasteiger partial charge in [-0.2, -0.15) is 0 Å². The molecule has 6 nitrogen and oxygen atoms in total. The summed E-state index contributed by atoms with van der Waals surface area (Å²) in [5.74, 6) is 0.111. The van der Waals surface area contributed by atoms with Crippen molar-refractivity contribution in [3.05, 3.63) is 58.1 Å². The predicted octanol–water partition coefficient (Wildman–Crippen LogP) is 3.71. The van der Waals surface area contributed by atoms with Crippen LogP contribution in [0.2, 0.25) is 5.02 Å². The van der Waals surface area contributed by atoms with Crippen LogP contribution in [0.15, 0.2) is 36.4 Å². The molecule has 0 aliphatic rings. The number of rotatable bonds is 8. The van der Waals surface area contributed by atoms with Crippen molar-refractivity contribution < 1.29 is 14.3 Å². The molecule has 2 aromatic rings. The van der Waals surface area contributed by atoms with Crippen LogP contribution < -0.4 is 15.4 Å². The Morgan fingerprint density at radius 1 is 1.07 bits per heavy atom. The molecule has 2 N–H and O–H groups in total. The zero-order valence-electron chi connectivity index (χ0n) is 17.5. The first-order chi connectivity index (χ1) is 13.7. The summed E-state index contributed by atoms with van der Waals surface area (Å²) in [5, 5.41) is 6.23. The Kier molecular flexibility index (Phi) is 8.05. The number of halogens is 1. The van der Waals surface area contributed by atoms with Gasteiger partial charge < -0.3 is 15.4 Å². The maximum Gasteiger partial charge on any atom is 0.238 e. The van der Waals surface area contributed by atoms with E-state index in [0.29, 0.717) is 16.5 Å². The Morgan fingerprint density at radius 3 is 2.41 bits per heavy atom. The number of nitrogens with zero attached hydrogens (tertiary/aromatic N) is 1. The molecule has 7 heteroatoms. The van der Waals surface area contributed by atoms with Crippen molar-refractivity contribution in [2.24, 2.45) is 0 Å². The van der Waals surface area contributed by atoms with Crippen molar-refractivity contribution >= 4 is 29.1 Å². The van der Waals surface area contributed by atoms with Gasteiger partial charge in [0, 0.05) is 5.02 Å². The summed E-state index contributed by atoms with van der Waals surface area (Å²) in [5.41, 5.74) is 3.95. The summed E-state index contributed by atoms with van der Waals surface area (Å²) in [6.45, 7) is 6.21. The zero-order valence-corrected chi connectivity index (χ0v) is 18.3. The number of carbonyl (C=O) groups excluding carboxylic acids is 2. The van der Waals surface area contributed by atoms with Crippen LogP contribution in [-0.2, 0) is 9.59 Å². The van der Waals surface area contributed by atoms with Gasteiger partial charge in [0.25, 0.3) is 0 Å². The number of likely N-dealkylation sites (N-methyl/N-ethyl adjacent to an activating group) is 1. The lowest BCUT2D eigenvalue weighted by Gasteiger charge is -2.20. The van der Waals surface area contributed by atoms with Crippen LogP contribution in [0.3, 0.4) is 0 Å². The van der Waals surface area contributed by atoms with E-state index in [1.165, 1.54) is 18.2 Å². The highest BCUT2D eigenvalue weighted by molar-refractivity contribution is 6.31. The van der Waals surface area contributed by atoms with E-state index in [2.05, 4.69) is 30.5 Å². The van der Waals surface area contributed by atoms with Crippen LogP contribution in [-0.4, -0.2) is 44.0 Å². The highest BCUT2D eigenvalue weighted by Gasteiger charge is 2.15. The van der Waals surface area contributed by atoms with Crippen LogP contribution in [0.1, 0.15) is 29.7 Å². The Morgan fingerprint density at radius 2 is 1.76 bits per heavy atom. The molecular weight excluding hydrogens is 390 g/mol. The lowest BCUT2D eigenvalue weighted by molar-refractivity contribution is -0.123. The molecule has 0 heterocycles. The molecule has 156 valence electrons. The number of anilines is 1. The Balaban J connectivity index is 1.87. The van der Waals surface area contributed by atoms with Crippen LogP contribution in [0.4, 0.5) is 5.69 Å². The fraction of sp³-hybridized carbons (Fsp3) is 0.364. The number of benzene rings is 2. The Bertz CT molecular complexity index is 886. The predicted molar refractivity (Wildman–Crippen MR) is 117 cm³/mol. The van der Waals surface area contributed by atoms with E-state index in [1.807, 2.05) is 19.1 Å². The van der Waals surface area contributed by atoms with Crippen molar-refractivity contribution in [3.8, 4) is 5.75 Å². The van der Waals surface area contributed by atoms with E-state index in [-0.39, 0.29) is 30.9 Å². The third-order valence-electron chi connectivity index (χ3n) is 4.67. The van der Waals surface area contributed by atoms with E-state index in [1.54, 1.807) is 30.1 Å². The molecule has 0 spiro atoms. The average molecular weight is 418 g/mol. The Hall–Kier alpha value is -2.57. The molecule has 0 aromatic heterocycles. The molecule has 0 saturated heterocycles. The van der Waals surface area contributed by atoms with Crippen molar-refractivity contribution in [3.63, 3.8) is 0 Å². The molecule has 0 fully saturated rings. The topological polar surface area (TPSA) is 70.7 Å². The monoisotopic (exact) mass is 417 g/mol. The van der Waals surface area contributed by atoms with Crippen LogP contribution >= 0.6 is 11.6 Å². The number of ether oxygens (including phenoxy) is 1. The summed E-state index contributed by atoms with van der Waals surface area (Å²) in [6.07, 6.45) is 0. The van der Waals surface area contributed by atoms with Gasteiger partial charge in [-0.15, -0.1) is 0 Å². The van der Waals surface area contributed by atoms with Crippen LogP contribution in [0.25, 0.3) is 0 Å². The molecule has 2 amide bonds. The number of aryl methyl sites for hydroxylation is 2. The van der Waals surface area contributed by atoms with Crippen LogP contribution in [0.5, 0.6) is 5.75 Å². The van der Waals surface area contributed by atoms with Crippen LogP contribution in [0, 0.1) is 13.8 Å². The van der Waals surface area contributed by atoms with Crippen molar-refractivity contribution in [2.45, 2.75) is 26.8 Å². The average Bonchev–Trinajstić information content (AvgIpc) is 2.63. The number of nitrogens with one attached hydrogen (secondary N) is 2. The van der Waals surface area contributed by atoms with E-state index < -0.39 is 0 Å². The molecule has 0 unspecified atom stereocenters. The normalized spacial score (nSPS) is 11.8. The first-order valence-electron chi connectivity index (χ1n) is 9.38. The summed E-state index contributed by atoms with van der Waals surface area (Å²) in [4.78, 5) is 26.3. The summed E-state index contributed by atoms with van der Waals surface area (Å²) in [6, 6.07) is 11.0. The fourth-order valence-electron chi connectivity index (χ4n) is 2.92. The second-order valence-electron chi connectivity index (χ2n) is 7.20. The molecule has 0 bridgehead atoms. The van der Waals surface area contributed by atoms with Gasteiger partial charge in [0.05, 0.1) is 31.9 Å². The SMILES string of the molecule is COc1ccc(Cl)cc1NC(=O)CN(C)CC(=O)N[C@@H](C)c1ccc(C)c(C)c1. The number of amides is 2. The lowest BCUT2D eigenvalue weighted by Crippen LogP contribution is -2.39. The third-order valence-corrected chi connectivity index (χ3v) is 4.91. The van der Waals surface area contributed by atoms with Gasteiger partial charge in [0.2, 0.25) is 11.8 Å². The number of hydrogen-bond acceptors (Lipinski definition) is 4. The highest BCUT2D eigenvalue weighted by atomic mass is 35.5. The summed E-state index contributed by atoms with van der Waals surface area (Å²) < 4.78 is 5.22. The molecule has 2 aromatic carbocycles. The number of hydrogen-bond donors (Lipinski definition) is 2. The second kappa shape index (κ2) is 10.3. The molecule has 2 rings (SSSR count). The molecule has 0 saturated carbocycles. The number of methoxy groups -OCH3 is 1. The van der Waals surface area contributed by atoms with E-state index >= 15 is 0 Å². The molecule has 0 aliphatic carbocycles. The number of carbonyl (C=O) groups is 2. The van der Waals surface area contributed by atoms with Crippen molar-refractivity contribution in [2.75, 3.05) is 32.6 Å².